The number of aliphatic hydroxyl groups is 1. The third-order valence-electron chi connectivity index (χ3n) is 2.91. The van der Waals surface area contributed by atoms with Crippen LogP contribution in [0, 0.1) is 0 Å². The fourth-order valence-corrected chi connectivity index (χ4v) is 0.864. The van der Waals surface area contributed by atoms with Gasteiger partial charge in [0, 0.05) is 18.6 Å². The van der Waals surface area contributed by atoms with Crippen LogP contribution in [0.2, 0.25) is 0 Å². The molecule has 90 valence electrons. The molecule has 1 amide bonds. The van der Waals surface area contributed by atoms with Gasteiger partial charge in [0.05, 0.1) is 12.6 Å². The highest BCUT2D eigenvalue weighted by atomic mass is 16.3. The standard InChI is InChI=1S/C11H24N2O2/c1-8(2)13(6)10(15)7-12-11(4,5)9(3)14/h8-9,12,14H,7H2,1-6H3. The average Bonchev–Trinajstić information content (AvgIpc) is 2.12. The van der Waals surface area contributed by atoms with Gasteiger partial charge in [-0.3, -0.25) is 4.79 Å². The molecule has 4 heteroatoms. The summed E-state index contributed by atoms with van der Waals surface area (Å²) in [6.07, 6.45) is -0.491. The summed E-state index contributed by atoms with van der Waals surface area (Å²) in [5.74, 6) is 0.0405. The van der Waals surface area contributed by atoms with E-state index in [1.807, 2.05) is 27.7 Å². The summed E-state index contributed by atoms with van der Waals surface area (Å²) < 4.78 is 0. The molecule has 0 aliphatic heterocycles. The molecule has 4 nitrogen and oxygen atoms in total. The molecular weight excluding hydrogens is 192 g/mol. The first-order chi connectivity index (χ1) is 6.68. The summed E-state index contributed by atoms with van der Waals surface area (Å²) >= 11 is 0. The number of hydrogen-bond acceptors (Lipinski definition) is 3. The van der Waals surface area contributed by atoms with Crippen LogP contribution in [0.25, 0.3) is 0 Å². The van der Waals surface area contributed by atoms with Gasteiger partial charge in [-0.05, 0) is 34.6 Å². The minimum absolute atomic E-state index is 0.0405. The van der Waals surface area contributed by atoms with Crippen LogP contribution in [0.5, 0.6) is 0 Å². The van der Waals surface area contributed by atoms with Gasteiger partial charge in [0.25, 0.3) is 0 Å². The lowest BCUT2D eigenvalue weighted by molar-refractivity contribution is -0.130. The molecule has 0 aromatic carbocycles. The molecule has 0 aliphatic rings. The van der Waals surface area contributed by atoms with Gasteiger partial charge in [0.2, 0.25) is 5.91 Å². The highest BCUT2D eigenvalue weighted by molar-refractivity contribution is 5.78. The van der Waals surface area contributed by atoms with E-state index in [1.165, 1.54) is 0 Å². The molecule has 0 spiro atoms. The van der Waals surface area contributed by atoms with E-state index in [4.69, 9.17) is 0 Å². The lowest BCUT2D eigenvalue weighted by Gasteiger charge is -2.30. The molecule has 0 fully saturated rings. The first-order valence-electron chi connectivity index (χ1n) is 5.37. The van der Waals surface area contributed by atoms with Crippen molar-refractivity contribution in [2.24, 2.45) is 0 Å². The van der Waals surface area contributed by atoms with Crippen LogP contribution < -0.4 is 5.32 Å². The van der Waals surface area contributed by atoms with E-state index >= 15 is 0 Å². The van der Waals surface area contributed by atoms with Gasteiger partial charge >= 0.3 is 0 Å². The Kier molecular flexibility index (Phi) is 5.24. The smallest absolute Gasteiger partial charge is 0.236 e. The lowest BCUT2D eigenvalue weighted by Crippen LogP contribution is -2.52. The highest BCUT2D eigenvalue weighted by Crippen LogP contribution is 2.07. The van der Waals surface area contributed by atoms with Gasteiger partial charge in [0.15, 0.2) is 0 Å². The van der Waals surface area contributed by atoms with Crippen molar-refractivity contribution in [3.8, 4) is 0 Å². The molecule has 2 N–H and O–H groups in total. The number of hydrogen-bond donors (Lipinski definition) is 2. The van der Waals surface area contributed by atoms with Crippen LogP contribution in [-0.4, -0.2) is 47.2 Å². The molecule has 0 bridgehead atoms. The number of amides is 1. The van der Waals surface area contributed by atoms with Crippen LogP contribution in [-0.2, 0) is 4.79 Å². The Balaban J connectivity index is 4.12. The van der Waals surface area contributed by atoms with Gasteiger partial charge in [-0.25, -0.2) is 0 Å². The number of likely N-dealkylation sites (N-methyl/N-ethyl adjacent to an activating group) is 1. The number of carbonyl (C=O) groups is 1. The minimum Gasteiger partial charge on any atom is -0.392 e. The minimum atomic E-state index is -0.491. The summed E-state index contributed by atoms with van der Waals surface area (Å²) in [7, 11) is 1.78. The van der Waals surface area contributed by atoms with Gasteiger partial charge in [0.1, 0.15) is 0 Å². The normalized spacial score (nSPS) is 14.1. The predicted molar refractivity (Wildman–Crippen MR) is 61.7 cm³/mol. The van der Waals surface area contributed by atoms with Gasteiger partial charge in [-0.2, -0.15) is 0 Å². The molecule has 0 rings (SSSR count). The van der Waals surface area contributed by atoms with Crippen molar-refractivity contribution in [2.45, 2.75) is 52.3 Å². The van der Waals surface area contributed by atoms with E-state index in [-0.39, 0.29) is 18.5 Å². The Morgan fingerprint density at radius 1 is 1.40 bits per heavy atom. The third-order valence-corrected chi connectivity index (χ3v) is 2.91. The Morgan fingerprint density at radius 3 is 2.20 bits per heavy atom. The topological polar surface area (TPSA) is 52.6 Å². The van der Waals surface area contributed by atoms with Gasteiger partial charge < -0.3 is 15.3 Å². The Morgan fingerprint density at radius 2 is 1.87 bits per heavy atom. The van der Waals surface area contributed by atoms with Crippen molar-refractivity contribution >= 4 is 5.91 Å². The van der Waals surface area contributed by atoms with Crippen LogP contribution >= 0.6 is 0 Å². The zero-order chi connectivity index (χ0) is 12.2. The Bertz CT molecular complexity index is 213. The maximum Gasteiger partial charge on any atom is 0.236 e. The third kappa shape index (κ3) is 4.62. The molecule has 0 heterocycles. The molecule has 1 unspecified atom stereocenters. The maximum absolute atomic E-state index is 11.6. The second kappa shape index (κ2) is 5.47. The number of nitrogens with one attached hydrogen (secondary N) is 1. The lowest BCUT2D eigenvalue weighted by atomic mass is 9.99. The molecule has 0 radical (unpaired) electrons. The molecule has 1 atom stereocenters. The first-order valence-corrected chi connectivity index (χ1v) is 5.37. The van der Waals surface area contributed by atoms with Crippen molar-refractivity contribution in [2.75, 3.05) is 13.6 Å². The van der Waals surface area contributed by atoms with E-state index in [2.05, 4.69) is 5.32 Å². The van der Waals surface area contributed by atoms with E-state index in [1.54, 1.807) is 18.9 Å². The largest absolute Gasteiger partial charge is 0.392 e. The van der Waals surface area contributed by atoms with Crippen molar-refractivity contribution in [1.29, 1.82) is 0 Å². The second-order valence-corrected chi connectivity index (χ2v) is 4.85. The monoisotopic (exact) mass is 216 g/mol. The van der Waals surface area contributed by atoms with E-state index in [0.29, 0.717) is 0 Å². The summed E-state index contributed by atoms with van der Waals surface area (Å²) in [6.45, 7) is 9.66. The van der Waals surface area contributed by atoms with E-state index in [0.717, 1.165) is 0 Å². The van der Waals surface area contributed by atoms with E-state index < -0.39 is 11.6 Å². The van der Waals surface area contributed by atoms with Gasteiger partial charge in [-0.1, -0.05) is 0 Å². The molecule has 0 saturated heterocycles. The molecule has 0 aromatic heterocycles. The van der Waals surface area contributed by atoms with Crippen molar-refractivity contribution < 1.29 is 9.90 Å². The SMILES string of the molecule is CC(C)N(C)C(=O)CNC(C)(C)C(C)O. The molecule has 0 aromatic rings. The van der Waals surface area contributed by atoms with Crippen LogP contribution in [0.4, 0.5) is 0 Å². The predicted octanol–water partition coefficient (Wildman–Crippen LogP) is 0.602. The quantitative estimate of drug-likeness (QED) is 0.707. The highest BCUT2D eigenvalue weighted by Gasteiger charge is 2.24. The van der Waals surface area contributed by atoms with Crippen molar-refractivity contribution in [1.82, 2.24) is 10.2 Å². The summed E-state index contributed by atoms with van der Waals surface area (Å²) in [4.78, 5) is 13.3. The summed E-state index contributed by atoms with van der Waals surface area (Å²) in [5.41, 5.74) is -0.437. The zero-order valence-corrected chi connectivity index (χ0v) is 10.7. The Hall–Kier alpha value is -0.610. The Labute approximate surface area is 92.7 Å². The van der Waals surface area contributed by atoms with Crippen molar-refractivity contribution in [3.05, 3.63) is 0 Å². The number of nitrogens with zero attached hydrogens (tertiary/aromatic N) is 1. The molecule has 0 saturated carbocycles. The molecule has 0 aliphatic carbocycles. The first kappa shape index (κ1) is 14.4. The zero-order valence-electron chi connectivity index (χ0n) is 10.7. The molecular formula is C11H24N2O2. The maximum atomic E-state index is 11.6. The van der Waals surface area contributed by atoms with Crippen LogP contribution in [0.3, 0.4) is 0 Å². The number of rotatable bonds is 5. The fourth-order valence-electron chi connectivity index (χ4n) is 0.864. The van der Waals surface area contributed by atoms with Crippen molar-refractivity contribution in [3.63, 3.8) is 0 Å². The summed E-state index contributed by atoms with van der Waals surface area (Å²) in [5, 5.41) is 12.5. The van der Waals surface area contributed by atoms with Crippen LogP contribution in [0.15, 0.2) is 0 Å². The second-order valence-electron chi connectivity index (χ2n) is 4.85. The average molecular weight is 216 g/mol. The van der Waals surface area contributed by atoms with Crippen LogP contribution in [0.1, 0.15) is 34.6 Å². The van der Waals surface area contributed by atoms with Gasteiger partial charge in [-0.15, -0.1) is 0 Å². The number of aliphatic hydroxyl groups excluding tert-OH is 1. The fraction of sp³-hybridized carbons (Fsp3) is 0.909. The number of carbonyl (C=O) groups excluding carboxylic acids is 1. The van der Waals surface area contributed by atoms with E-state index in [9.17, 15) is 9.90 Å². The molecule has 15 heavy (non-hydrogen) atoms. The summed E-state index contributed by atoms with van der Waals surface area (Å²) in [6, 6.07) is 0.203.